The average molecular weight is 262 g/mol. The van der Waals surface area contributed by atoms with E-state index in [0.717, 1.165) is 35.9 Å². The predicted molar refractivity (Wildman–Crippen MR) is 71.8 cm³/mol. The molecule has 1 aromatic heterocycles. The van der Waals surface area contributed by atoms with E-state index in [1.54, 1.807) is 0 Å². The minimum atomic E-state index is -0.296. The summed E-state index contributed by atoms with van der Waals surface area (Å²) in [5.41, 5.74) is 1.77. The summed E-state index contributed by atoms with van der Waals surface area (Å²) in [7, 11) is 0. The van der Waals surface area contributed by atoms with Gasteiger partial charge in [0.1, 0.15) is 6.10 Å². The molecule has 1 atom stereocenters. The number of nitrogens with zero attached hydrogens (tertiary/aromatic N) is 1. The summed E-state index contributed by atoms with van der Waals surface area (Å²) < 4.78 is 9.70. The molecule has 0 radical (unpaired) electrons. The lowest BCUT2D eigenvalue weighted by molar-refractivity contribution is -0.129. The Morgan fingerprint density at radius 2 is 2.39 bits per heavy atom. The molecule has 0 spiro atoms. The number of aromatic nitrogens is 1. The molecule has 5 heteroatoms. The minimum absolute atomic E-state index is 0.0442. The lowest BCUT2D eigenvalue weighted by atomic mass is 10.1. The van der Waals surface area contributed by atoms with Crippen molar-refractivity contribution in [1.82, 2.24) is 4.37 Å². The molecule has 1 fully saturated rings. The van der Waals surface area contributed by atoms with Crippen LogP contribution in [0, 0.1) is 0 Å². The third-order valence-corrected chi connectivity index (χ3v) is 3.76. The summed E-state index contributed by atoms with van der Waals surface area (Å²) in [6.45, 7) is 0.686. The first-order chi connectivity index (χ1) is 8.83. The van der Waals surface area contributed by atoms with E-state index in [1.165, 1.54) is 11.5 Å². The van der Waals surface area contributed by atoms with Gasteiger partial charge >= 0.3 is 0 Å². The fraction of sp³-hybridized carbons (Fsp3) is 0.385. The van der Waals surface area contributed by atoms with Crippen LogP contribution in [0.3, 0.4) is 0 Å². The smallest absolute Gasteiger partial charge is 0.253 e. The number of ether oxygens (including phenoxy) is 1. The van der Waals surface area contributed by atoms with Crippen LogP contribution in [0.1, 0.15) is 19.3 Å². The van der Waals surface area contributed by atoms with Crippen molar-refractivity contribution in [1.29, 1.82) is 0 Å². The van der Waals surface area contributed by atoms with Crippen LogP contribution < -0.4 is 5.32 Å². The van der Waals surface area contributed by atoms with Gasteiger partial charge < -0.3 is 10.1 Å². The summed E-state index contributed by atoms with van der Waals surface area (Å²) in [6, 6.07) is 5.74. The van der Waals surface area contributed by atoms with E-state index in [1.807, 2.05) is 23.6 Å². The van der Waals surface area contributed by atoms with Crippen LogP contribution in [-0.2, 0) is 9.53 Å². The van der Waals surface area contributed by atoms with Crippen molar-refractivity contribution < 1.29 is 9.53 Å². The zero-order valence-electron chi connectivity index (χ0n) is 9.89. The number of fused-ring (bicyclic) bond motifs is 1. The first-order valence-electron chi connectivity index (χ1n) is 6.09. The van der Waals surface area contributed by atoms with Gasteiger partial charge in [0.25, 0.3) is 5.91 Å². The fourth-order valence-corrected chi connectivity index (χ4v) is 2.75. The van der Waals surface area contributed by atoms with Gasteiger partial charge in [0.15, 0.2) is 0 Å². The molecule has 1 aromatic carbocycles. The predicted octanol–water partition coefficient (Wildman–Crippen LogP) is 2.80. The number of anilines is 1. The van der Waals surface area contributed by atoms with E-state index >= 15 is 0 Å². The molecule has 94 valence electrons. The lowest BCUT2D eigenvalue weighted by Gasteiger charge is -2.21. The van der Waals surface area contributed by atoms with Crippen LogP contribution in [0.5, 0.6) is 0 Å². The van der Waals surface area contributed by atoms with Gasteiger partial charge in [-0.15, -0.1) is 0 Å². The standard InChI is InChI=1S/C13H14N2O2S/c16-13(12-3-1-2-6-17-12)14-10-4-5-11-9(7-10)8-18-15-11/h4-5,7-8,12H,1-3,6H2,(H,14,16)/t12-/m0/s1. The molecule has 18 heavy (non-hydrogen) atoms. The molecule has 0 saturated carbocycles. The molecule has 2 aromatic rings. The number of hydrogen-bond donors (Lipinski definition) is 1. The largest absolute Gasteiger partial charge is 0.368 e. The SMILES string of the molecule is O=C(Nc1ccc2nscc2c1)[C@@H]1CCCCO1. The summed E-state index contributed by atoms with van der Waals surface area (Å²) in [5, 5.41) is 5.94. The zero-order chi connectivity index (χ0) is 12.4. The fourth-order valence-electron chi connectivity index (χ4n) is 2.12. The second-order valence-corrected chi connectivity index (χ2v) is 5.06. The van der Waals surface area contributed by atoms with E-state index in [2.05, 4.69) is 9.69 Å². The van der Waals surface area contributed by atoms with Crippen LogP contribution in [0.2, 0.25) is 0 Å². The Kier molecular flexibility index (Phi) is 3.25. The molecule has 1 N–H and O–H groups in total. The van der Waals surface area contributed by atoms with Crippen LogP contribution >= 0.6 is 11.5 Å². The van der Waals surface area contributed by atoms with E-state index < -0.39 is 0 Å². The second kappa shape index (κ2) is 5.04. The number of benzene rings is 1. The first kappa shape index (κ1) is 11.6. The van der Waals surface area contributed by atoms with Gasteiger partial charge in [0.05, 0.1) is 5.52 Å². The molecule has 2 heterocycles. The summed E-state index contributed by atoms with van der Waals surface area (Å²) in [6.07, 6.45) is 2.63. The molecular weight excluding hydrogens is 248 g/mol. The van der Waals surface area contributed by atoms with Crippen molar-refractivity contribution in [3.8, 4) is 0 Å². The van der Waals surface area contributed by atoms with E-state index in [4.69, 9.17) is 4.74 Å². The van der Waals surface area contributed by atoms with Crippen LogP contribution in [0.25, 0.3) is 10.9 Å². The Balaban J connectivity index is 1.72. The van der Waals surface area contributed by atoms with Gasteiger partial charge in [-0.05, 0) is 49.0 Å². The topological polar surface area (TPSA) is 51.2 Å². The monoisotopic (exact) mass is 262 g/mol. The molecule has 1 amide bonds. The maximum atomic E-state index is 12.0. The zero-order valence-corrected chi connectivity index (χ0v) is 10.7. The number of hydrogen-bond acceptors (Lipinski definition) is 4. The minimum Gasteiger partial charge on any atom is -0.368 e. The van der Waals surface area contributed by atoms with Crippen molar-refractivity contribution in [3.63, 3.8) is 0 Å². The highest BCUT2D eigenvalue weighted by atomic mass is 32.1. The Morgan fingerprint density at radius 3 is 3.22 bits per heavy atom. The number of rotatable bonds is 2. The van der Waals surface area contributed by atoms with E-state index in [0.29, 0.717) is 6.61 Å². The number of amides is 1. The Hall–Kier alpha value is -1.46. The number of carbonyl (C=O) groups excluding carboxylic acids is 1. The van der Waals surface area contributed by atoms with Crippen molar-refractivity contribution in [2.24, 2.45) is 0 Å². The van der Waals surface area contributed by atoms with Gasteiger partial charge in [-0.3, -0.25) is 4.79 Å². The second-order valence-electron chi connectivity index (χ2n) is 4.43. The molecular formula is C13H14N2O2S. The van der Waals surface area contributed by atoms with Gasteiger partial charge in [-0.1, -0.05) is 0 Å². The first-order valence-corrected chi connectivity index (χ1v) is 6.93. The molecule has 0 bridgehead atoms. The normalized spacial score (nSPS) is 19.9. The van der Waals surface area contributed by atoms with Crippen molar-refractivity contribution in [3.05, 3.63) is 23.6 Å². The Bertz CT molecular complexity index is 561. The Morgan fingerprint density at radius 1 is 1.44 bits per heavy atom. The van der Waals surface area contributed by atoms with Gasteiger partial charge in [0.2, 0.25) is 0 Å². The maximum Gasteiger partial charge on any atom is 0.253 e. The van der Waals surface area contributed by atoms with Crippen molar-refractivity contribution in [2.75, 3.05) is 11.9 Å². The molecule has 0 unspecified atom stereocenters. The average Bonchev–Trinajstić information content (AvgIpc) is 2.87. The number of nitrogens with one attached hydrogen (secondary N) is 1. The van der Waals surface area contributed by atoms with Crippen LogP contribution in [0.4, 0.5) is 5.69 Å². The maximum absolute atomic E-state index is 12.0. The van der Waals surface area contributed by atoms with E-state index in [-0.39, 0.29) is 12.0 Å². The summed E-state index contributed by atoms with van der Waals surface area (Å²) in [5.74, 6) is -0.0442. The highest BCUT2D eigenvalue weighted by molar-refractivity contribution is 7.04. The Labute approximate surface area is 109 Å². The summed E-state index contributed by atoms with van der Waals surface area (Å²) >= 11 is 1.42. The third-order valence-electron chi connectivity index (χ3n) is 3.10. The van der Waals surface area contributed by atoms with Crippen LogP contribution in [-0.4, -0.2) is 23.0 Å². The molecule has 1 aliphatic rings. The number of carbonyl (C=O) groups is 1. The molecule has 1 saturated heterocycles. The van der Waals surface area contributed by atoms with Gasteiger partial charge in [-0.25, -0.2) is 0 Å². The van der Waals surface area contributed by atoms with Crippen molar-refractivity contribution in [2.45, 2.75) is 25.4 Å². The molecule has 1 aliphatic heterocycles. The molecule has 4 nitrogen and oxygen atoms in total. The van der Waals surface area contributed by atoms with Gasteiger partial charge in [-0.2, -0.15) is 4.37 Å². The third kappa shape index (κ3) is 2.37. The molecule has 0 aliphatic carbocycles. The van der Waals surface area contributed by atoms with Crippen molar-refractivity contribution >= 4 is 34.0 Å². The molecule has 3 rings (SSSR count). The summed E-state index contributed by atoms with van der Waals surface area (Å²) in [4.78, 5) is 12.0. The van der Waals surface area contributed by atoms with Gasteiger partial charge in [0, 0.05) is 23.1 Å². The van der Waals surface area contributed by atoms with E-state index in [9.17, 15) is 4.79 Å². The quantitative estimate of drug-likeness (QED) is 0.905. The van der Waals surface area contributed by atoms with Crippen LogP contribution in [0.15, 0.2) is 23.6 Å². The lowest BCUT2D eigenvalue weighted by Crippen LogP contribution is -2.33. The highest BCUT2D eigenvalue weighted by Gasteiger charge is 2.21. The highest BCUT2D eigenvalue weighted by Crippen LogP contribution is 2.21.